The van der Waals surface area contributed by atoms with E-state index in [-0.39, 0.29) is 11.8 Å². The van der Waals surface area contributed by atoms with Crippen LogP contribution in [-0.4, -0.2) is 30.0 Å². The summed E-state index contributed by atoms with van der Waals surface area (Å²) >= 11 is 0. The highest BCUT2D eigenvalue weighted by atomic mass is 32.2. The minimum atomic E-state index is -2.96. The average Bonchev–Trinajstić information content (AvgIpc) is 2.69. The monoisotopic (exact) mass is 227 g/mol. The van der Waals surface area contributed by atoms with Gasteiger partial charge in [-0.05, 0) is 6.07 Å². The molecule has 1 aromatic rings. The van der Waals surface area contributed by atoms with Gasteiger partial charge in [0.15, 0.2) is 9.84 Å². The topological polar surface area (TPSA) is 64.0 Å². The highest BCUT2D eigenvalue weighted by Crippen LogP contribution is 2.08. The number of hydrogen-bond donors (Lipinski definition) is 1. The summed E-state index contributed by atoms with van der Waals surface area (Å²) in [6.45, 7) is 0.626. The van der Waals surface area contributed by atoms with Crippen LogP contribution >= 0.6 is 0 Å². The molecule has 0 fully saturated rings. The van der Waals surface area contributed by atoms with Crippen LogP contribution in [0.3, 0.4) is 0 Å². The quantitative estimate of drug-likeness (QED) is 0.778. The fourth-order valence-corrected chi connectivity index (χ4v) is 2.78. The minimum absolute atomic E-state index is 0.0788. The molecule has 0 radical (unpaired) electrons. The van der Waals surface area contributed by atoms with E-state index in [1.165, 1.54) is 5.41 Å². The lowest BCUT2D eigenvalue weighted by Gasteiger charge is -2.09. The Morgan fingerprint density at radius 1 is 1.67 bits per heavy atom. The van der Waals surface area contributed by atoms with Crippen LogP contribution in [0.5, 0.6) is 0 Å². The summed E-state index contributed by atoms with van der Waals surface area (Å²) in [5, 5.41) is 8.46. The number of nitrogens with one attached hydrogen (secondary N) is 1. The van der Waals surface area contributed by atoms with E-state index < -0.39 is 9.84 Å². The molecule has 0 bridgehead atoms. The van der Waals surface area contributed by atoms with E-state index in [0.29, 0.717) is 6.54 Å². The minimum Gasteiger partial charge on any atom is -0.304 e. The Balaban J connectivity index is 1.91. The van der Waals surface area contributed by atoms with Crippen molar-refractivity contribution in [2.75, 3.05) is 5.75 Å². The van der Waals surface area contributed by atoms with Gasteiger partial charge in [0.05, 0.1) is 11.4 Å². The van der Waals surface area contributed by atoms with Gasteiger partial charge in [-0.2, -0.15) is 5.10 Å². The first kappa shape index (κ1) is 10.4. The molecule has 1 unspecified atom stereocenters. The third-order valence-corrected chi connectivity index (χ3v) is 3.79. The molecule has 0 aromatic carbocycles. The summed E-state index contributed by atoms with van der Waals surface area (Å²) in [6, 6.07) is 1.82. The van der Waals surface area contributed by atoms with Crippen molar-refractivity contribution < 1.29 is 8.42 Å². The van der Waals surface area contributed by atoms with Crippen molar-refractivity contribution in [2.45, 2.75) is 12.6 Å². The Kier molecular flexibility index (Phi) is 2.62. The van der Waals surface area contributed by atoms with Crippen molar-refractivity contribution in [3.8, 4) is 0 Å². The fourth-order valence-electron chi connectivity index (χ4n) is 1.51. The standard InChI is InChI=1S/C9H13N3O2S/c1-12-9(2-4-11-12)6-10-8-3-5-15(13,14)7-8/h2-5,8,10H,6-7H2,1H3. The third kappa shape index (κ3) is 2.45. The fraction of sp³-hybridized carbons (Fsp3) is 0.444. The number of hydrogen-bond acceptors (Lipinski definition) is 4. The molecule has 0 spiro atoms. The van der Waals surface area contributed by atoms with Gasteiger partial charge in [-0.3, -0.25) is 4.68 Å². The maximum Gasteiger partial charge on any atom is 0.173 e. The Hall–Kier alpha value is -1.14. The first-order valence-corrected chi connectivity index (χ1v) is 6.39. The van der Waals surface area contributed by atoms with Crippen LogP contribution < -0.4 is 5.32 Å². The van der Waals surface area contributed by atoms with E-state index in [1.807, 2.05) is 13.1 Å². The van der Waals surface area contributed by atoms with Crippen molar-refractivity contribution >= 4 is 9.84 Å². The lowest BCUT2D eigenvalue weighted by molar-refractivity contribution is 0.577. The van der Waals surface area contributed by atoms with Crippen molar-refractivity contribution in [1.29, 1.82) is 0 Å². The van der Waals surface area contributed by atoms with Gasteiger partial charge in [0.1, 0.15) is 0 Å². The highest BCUT2D eigenvalue weighted by Gasteiger charge is 2.20. The zero-order valence-corrected chi connectivity index (χ0v) is 9.24. The molecule has 1 aliphatic rings. The van der Waals surface area contributed by atoms with Crippen LogP contribution in [0.15, 0.2) is 23.7 Å². The zero-order valence-electron chi connectivity index (χ0n) is 8.42. The van der Waals surface area contributed by atoms with Gasteiger partial charge in [-0.1, -0.05) is 6.08 Å². The lowest BCUT2D eigenvalue weighted by atomic mass is 10.3. The molecule has 0 aliphatic carbocycles. The second kappa shape index (κ2) is 3.79. The Morgan fingerprint density at radius 2 is 2.47 bits per heavy atom. The van der Waals surface area contributed by atoms with Crippen molar-refractivity contribution in [3.05, 3.63) is 29.4 Å². The van der Waals surface area contributed by atoms with Gasteiger partial charge >= 0.3 is 0 Å². The second-order valence-corrected chi connectivity index (χ2v) is 5.52. The summed E-state index contributed by atoms with van der Waals surface area (Å²) in [4.78, 5) is 0. The predicted octanol–water partition coefficient (Wildman–Crippen LogP) is -0.180. The maximum atomic E-state index is 11.1. The molecular formula is C9H13N3O2S. The first-order valence-electron chi connectivity index (χ1n) is 4.68. The molecule has 82 valence electrons. The molecule has 2 heterocycles. The molecule has 0 saturated carbocycles. The predicted molar refractivity (Wildman–Crippen MR) is 56.8 cm³/mol. The number of rotatable bonds is 3. The molecule has 0 saturated heterocycles. The Bertz CT molecular complexity index is 475. The number of nitrogens with zero attached hydrogens (tertiary/aromatic N) is 2. The molecule has 0 amide bonds. The van der Waals surface area contributed by atoms with Crippen LogP contribution in [0.4, 0.5) is 0 Å². The number of aryl methyl sites for hydroxylation is 1. The van der Waals surface area contributed by atoms with Gasteiger partial charge in [-0.25, -0.2) is 8.42 Å². The SMILES string of the molecule is Cn1nccc1CNC1C=CS(=O)(=O)C1. The summed E-state index contributed by atoms with van der Waals surface area (Å²) in [7, 11) is -1.10. The molecule has 1 aliphatic heterocycles. The van der Waals surface area contributed by atoms with Crippen LogP contribution in [0.2, 0.25) is 0 Å². The molecule has 15 heavy (non-hydrogen) atoms. The number of sulfone groups is 1. The van der Waals surface area contributed by atoms with E-state index in [0.717, 1.165) is 5.69 Å². The summed E-state index contributed by atoms with van der Waals surface area (Å²) in [6.07, 6.45) is 3.41. The second-order valence-electron chi connectivity index (χ2n) is 3.59. The van der Waals surface area contributed by atoms with Crippen molar-refractivity contribution in [2.24, 2.45) is 7.05 Å². The van der Waals surface area contributed by atoms with Crippen molar-refractivity contribution in [1.82, 2.24) is 15.1 Å². The van der Waals surface area contributed by atoms with Gasteiger partial charge in [0, 0.05) is 31.2 Å². The molecule has 6 heteroatoms. The normalized spacial score (nSPS) is 23.4. The van der Waals surface area contributed by atoms with Crippen LogP contribution in [-0.2, 0) is 23.4 Å². The van der Waals surface area contributed by atoms with Gasteiger partial charge in [-0.15, -0.1) is 0 Å². The van der Waals surface area contributed by atoms with E-state index in [2.05, 4.69) is 10.4 Å². The highest BCUT2D eigenvalue weighted by molar-refractivity contribution is 7.94. The van der Waals surface area contributed by atoms with E-state index >= 15 is 0 Å². The Morgan fingerprint density at radius 3 is 3.00 bits per heavy atom. The van der Waals surface area contributed by atoms with Crippen LogP contribution in [0, 0.1) is 0 Å². The Labute approximate surface area is 88.7 Å². The lowest BCUT2D eigenvalue weighted by Crippen LogP contribution is -2.30. The smallest absolute Gasteiger partial charge is 0.173 e. The summed E-state index contributed by atoms with van der Waals surface area (Å²) in [5.41, 5.74) is 1.03. The summed E-state index contributed by atoms with van der Waals surface area (Å²) in [5.74, 6) is 0.158. The van der Waals surface area contributed by atoms with E-state index in [9.17, 15) is 8.42 Å². The van der Waals surface area contributed by atoms with Gasteiger partial charge < -0.3 is 5.32 Å². The molecule has 1 aromatic heterocycles. The average molecular weight is 227 g/mol. The molecule has 1 N–H and O–H groups in total. The molecular weight excluding hydrogens is 214 g/mol. The van der Waals surface area contributed by atoms with Gasteiger partial charge in [0.2, 0.25) is 0 Å². The first-order chi connectivity index (χ1) is 7.07. The van der Waals surface area contributed by atoms with Crippen LogP contribution in [0.25, 0.3) is 0 Å². The molecule has 1 atom stereocenters. The molecule has 5 nitrogen and oxygen atoms in total. The van der Waals surface area contributed by atoms with E-state index in [1.54, 1.807) is 17.0 Å². The van der Waals surface area contributed by atoms with Crippen LogP contribution in [0.1, 0.15) is 5.69 Å². The maximum absolute atomic E-state index is 11.1. The van der Waals surface area contributed by atoms with E-state index in [4.69, 9.17) is 0 Å². The number of aromatic nitrogens is 2. The third-order valence-electron chi connectivity index (χ3n) is 2.40. The summed E-state index contributed by atoms with van der Waals surface area (Å²) < 4.78 is 24.0. The van der Waals surface area contributed by atoms with Gasteiger partial charge in [0.25, 0.3) is 0 Å². The molecule has 2 rings (SSSR count). The largest absolute Gasteiger partial charge is 0.304 e. The zero-order chi connectivity index (χ0) is 10.9. The van der Waals surface area contributed by atoms with Crippen molar-refractivity contribution in [3.63, 3.8) is 0 Å².